The summed E-state index contributed by atoms with van der Waals surface area (Å²) in [5.41, 5.74) is 0.542. The minimum absolute atomic E-state index is 0.542. The van der Waals surface area contributed by atoms with Crippen molar-refractivity contribution in [2.45, 2.75) is 32.1 Å². The van der Waals surface area contributed by atoms with Gasteiger partial charge in [0.05, 0.1) is 0 Å². The summed E-state index contributed by atoms with van der Waals surface area (Å²) in [5, 5.41) is 2.04. The van der Waals surface area contributed by atoms with E-state index in [2.05, 4.69) is 0 Å². The van der Waals surface area contributed by atoms with E-state index in [1.165, 1.54) is 32.1 Å². The average Bonchev–Trinajstić information content (AvgIpc) is 2.46. The van der Waals surface area contributed by atoms with Gasteiger partial charge in [0.1, 0.15) is 0 Å². The van der Waals surface area contributed by atoms with Crippen LogP contribution in [0.5, 0.6) is 0 Å². The van der Waals surface area contributed by atoms with Crippen LogP contribution in [0.3, 0.4) is 0 Å². The molecule has 0 radical (unpaired) electrons. The minimum atomic E-state index is 0.542. The topological polar surface area (TPSA) is 0 Å². The van der Waals surface area contributed by atoms with Crippen molar-refractivity contribution in [3.63, 3.8) is 0 Å². The van der Waals surface area contributed by atoms with Crippen molar-refractivity contribution in [2.24, 2.45) is 11.3 Å². The molecule has 0 nitrogen and oxygen atoms in total. The highest BCUT2D eigenvalue weighted by atomic mass is 32.1. The van der Waals surface area contributed by atoms with Crippen molar-refractivity contribution in [1.29, 1.82) is 0 Å². The molecule has 0 unspecified atom stereocenters. The molecule has 0 aliphatic heterocycles. The molecule has 2 aliphatic carbocycles. The molecule has 2 saturated carbocycles. The summed E-state index contributed by atoms with van der Waals surface area (Å²) in [6, 6.07) is 0. The Morgan fingerprint density at radius 3 is 2.22 bits per heavy atom. The third-order valence-electron chi connectivity index (χ3n) is 3.05. The van der Waals surface area contributed by atoms with E-state index in [-0.39, 0.29) is 0 Å². The van der Waals surface area contributed by atoms with Crippen molar-refractivity contribution in [3.8, 4) is 0 Å². The maximum atomic E-state index is 5.02. The van der Waals surface area contributed by atoms with E-state index in [0.717, 1.165) is 5.92 Å². The van der Waals surface area contributed by atoms with Crippen molar-refractivity contribution in [1.82, 2.24) is 0 Å². The minimum Gasteiger partial charge on any atom is -0.0929 e. The van der Waals surface area contributed by atoms with E-state index in [4.69, 9.17) is 12.2 Å². The Balaban J connectivity index is 2.21. The first kappa shape index (κ1) is 5.84. The second-order valence-electron chi connectivity index (χ2n) is 3.63. The molecule has 0 heterocycles. The molecule has 0 saturated heterocycles. The maximum Gasteiger partial charge on any atom is -0.00108 e. The van der Waals surface area contributed by atoms with Gasteiger partial charge in [-0.3, -0.25) is 0 Å². The highest BCUT2D eigenvalue weighted by molar-refractivity contribution is 7.79. The van der Waals surface area contributed by atoms with Gasteiger partial charge in [0.2, 0.25) is 0 Å². The van der Waals surface area contributed by atoms with Crippen LogP contribution in [0.15, 0.2) is 0 Å². The first-order valence-electron chi connectivity index (χ1n) is 3.81. The number of hydrogen-bond donors (Lipinski definition) is 0. The van der Waals surface area contributed by atoms with Crippen LogP contribution in [0.1, 0.15) is 32.1 Å². The van der Waals surface area contributed by atoms with Crippen molar-refractivity contribution in [2.75, 3.05) is 0 Å². The van der Waals surface area contributed by atoms with Gasteiger partial charge in [0.15, 0.2) is 0 Å². The van der Waals surface area contributed by atoms with Crippen LogP contribution >= 0.6 is 12.2 Å². The highest BCUT2D eigenvalue weighted by Crippen LogP contribution is 2.52. The van der Waals surface area contributed by atoms with Gasteiger partial charge in [-0.15, -0.1) is 0 Å². The molecule has 0 atom stereocenters. The van der Waals surface area contributed by atoms with Gasteiger partial charge in [-0.2, -0.15) is 0 Å². The smallest absolute Gasteiger partial charge is 0.00108 e. The van der Waals surface area contributed by atoms with E-state index in [9.17, 15) is 0 Å². The Bertz CT molecular complexity index is 132. The van der Waals surface area contributed by atoms with E-state index < -0.39 is 0 Å². The second-order valence-corrected chi connectivity index (χ2v) is 3.86. The molecule has 0 N–H and O–H groups in total. The van der Waals surface area contributed by atoms with Crippen LogP contribution in [0.2, 0.25) is 0 Å². The molecule has 2 bridgehead atoms. The molecule has 2 fully saturated rings. The fourth-order valence-electron chi connectivity index (χ4n) is 2.40. The van der Waals surface area contributed by atoms with E-state index in [1.54, 1.807) is 0 Å². The van der Waals surface area contributed by atoms with Crippen LogP contribution < -0.4 is 0 Å². The van der Waals surface area contributed by atoms with Crippen LogP contribution in [0.4, 0.5) is 0 Å². The van der Waals surface area contributed by atoms with E-state index >= 15 is 0 Å². The zero-order valence-electron chi connectivity index (χ0n) is 5.60. The fraction of sp³-hybridized carbons (Fsp3) is 0.875. The molecule has 0 aromatic carbocycles. The van der Waals surface area contributed by atoms with E-state index in [1.807, 2.05) is 5.37 Å². The average molecular weight is 140 g/mol. The molecule has 0 aromatic heterocycles. The van der Waals surface area contributed by atoms with Gasteiger partial charge in [-0.1, -0.05) is 12.2 Å². The first-order chi connectivity index (χ1) is 4.35. The number of thiocarbonyl (C=S) groups is 1. The van der Waals surface area contributed by atoms with Gasteiger partial charge in [0, 0.05) is 0 Å². The largest absolute Gasteiger partial charge is 0.0929 e. The Hall–Kier alpha value is 0.0900. The molecule has 0 aromatic rings. The molecular formula is C8H12S. The first-order valence-corrected chi connectivity index (χ1v) is 4.28. The molecule has 50 valence electrons. The van der Waals surface area contributed by atoms with Gasteiger partial charge >= 0.3 is 0 Å². The Morgan fingerprint density at radius 1 is 1.33 bits per heavy atom. The van der Waals surface area contributed by atoms with Gasteiger partial charge in [-0.05, 0) is 48.8 Å². The summed E-state index contributed by atoms with van der Waals surface area (Å²) in [7, 11) is 0. The SMILES string of the molecule is S=CC12CCC(CC1)C2. The van der Waals surface area contributed by atoms with Crippen LogP contribution in [0.25, 0.3) is 0 Å². The van der Waals surface area contributed by atoms with Gasteiger partial charge in [-0.25, -0.2) is 0 Å². The van der Waals surface area contributed by atoms with Crippen molar-refractivity contribution in [3.05, 3.63) is 0 Å². The summed E-state index contributed by atoms with van der Waals surface area (Å²) in [6.07, 6.45) is 7.10. The van der Waals surface area contributed by atoms with Crippen LogP contribution in [-0.2, 0) is 0 Å². The number of fused-ring (bicyclic) bond motifs is 2. The molecule has 9 heavy (non-hydrogen) atoms. The van der Waals surface area contributed by atoms with Crippen LogP contribution in [-0.4, -0.2) is 5.37 Å². The van der Waals surface area contributed by atoms with Crippen molar-refractivity contribution >= 4 is 17.6 Å². The Morgan fingerprint density at radius 2 is 2.00 bits per heavy atom. The summed E-state index contributed by atoms with van der Waals surface area (Å²) < 4.78 is 0. The standard InChI is InChI=1S/C8H12S/c9-6-8-3-1-7(5-8)2-4-8/h6-7H,1-5H2. The fourth-order valence-corrected chi connectivity index (χ4v) is 2.73. The normalized spacial score (nSPS) is 47.8. The predicted octanol–water partition coefficient (Wildman–Crippen LogP) is 2.57. The molecule has 0 spiro atoms. The summed E-state index contributed by atoms with van der Waals surface area (Å²) in [5.74, 6) is 1.05. The lowest BCUT2D eigenvalue weighted by atomic mass is 9.87. The molecule has 0 amide bonds. The number of hydrogen-bond acceptors (Lipinski definition) is 1. The van der Waals surface area contributed by atoms with Crippen LogP contribution in [0, 0.1) is 11.3 Å². The molecule has 1 heteroatoms. The molecular weight excluding hydrogens is 128 g/mol. The summed E-state index contributed by atoms with van der Waals surface area (Å²) in [6.45, 7) is 0. The Kier molecular flexibility index (Phi) is 1.16. The lowest BCUT2D eigenvalue weighted by Crippen LogP contribution is -2.13. The zero-order valence-corrected chi connectivity index (χ0v) is 6.41. The third-order valence-corrected chi connectivity index (χ3v) is 3.55. The second kappa shape index (κ2) is 1.79. The molecule has 2 aliphatic rings. The van der Waals surface area contributed by atoms with Crippen molar-refractivity contribution < 1.29 is 0 Å². The monoisotopic (exact) mass is 140 g/mol. The van der Waals surface area contributed by atoms with E-state index in [0.29, 0.717) is 5.41 Å². The number of rotatable bonds is 1. The maximum absolute atomic E-state index is 5.02. The highest BCUT2D eigenvalue weighted by Gasteiger charge is 2.42. The lowest BCUT2D eigenvalue weighted by Gasteiger charge is -2.19. The van der Waals surface area contributed by atoms with Gasteiger partial charge in [0.25, 0.3) is 0 Å². The summed E-state index contributed by atoms with van der Waals surface area (Å²) in [4.78, 5) is 0. The van der Waals surface area contributed by atoms with Gasteiger partial charge < -0.3 is 0 Å². The third kappa shape index (κ3) is 0.743. The quantitative estimate of drug-likeness (QED) is 0.504. The Labute approximate surface area is 61.6 Å². The lowest BCUT2D eigenvalue weighted by molar-refractivity contribution is 0.426. The zero-order chi connectivity index (χ0) is 6.32. The molecule has 2 rings (SSSR count). The predicted molar refractivity (Wildman–Crippen MR) is 42.7 cm³/mol. The summed E-state index contributed by atoms with van der Waals surface area (Å²) >= 11 is 5.02.